The van der Waals surface area contributed by atoms with Crippen LogP contribution in [0, 0.1) is 0 Å². The molecule has 1 amide bonds. The molecule has 3 rings (SSSR count). The molecule has 130 valence electrons. The molecule has 1 fully saturated rings. The molecule has 0 unspecified atom stereocenters. The molecule has 0 saturated carbocycles. The highest BCUT2D eigenvalue weighted by molar-refractivity contribution is 5.92. The van der Waals surface area contributed by atoms with Crippen LogP contribution in [0.3, 0.4) is 0 Å². The largest absolute Gasteiger partial charge is 0.497 e. The number of nitrogen functional groups attached to an aromatic ring is 1. The number of amides is 1. The topological polar surface area (TPSA) is 58.8 Å². The van der Waals surface area contributed by atoms with Crippen LogP contribution in [0.2, 0.25) is 0 Å². The van der Waals surface area contributed by atoms with Crippen molar-refractivity contribution in [2.45, 2.75) is 0 Å². The number of nitrogens with zero attached hydrogens (tertiary/aromatic N) is 2. The predicted molar refractivity (Wildman–Crippen MR) is 102 cm³/mol. The number of methoxy groups -OCH3 is 1. The Bertz CT molecular complexity index is 748. The highest BCUT2D eigenvalue weighted by atomic mass is 16.5. The molecule has 0 aromatic heterocycles. The van der Waals surface area contributed by atoms with Gasteiger partial charge < -0.3 is 20.3 Å². The van der Waals surface area contributed by atoms with Crippen LogP contribution in [-0.2, 0) is 4.79 Å². The van der Waals surface area contributed by atoms with Gasteiger partial charge in [-0.25, -0.2) is 0 Å². The van der Waals surface area contributed by atoms with E-state index in [-0.39, 0.29) is 5.91 Å². The van der Waals surface area contributed by atoms with Gasteiger partial charge in [-0.1, -0.05) is 12.1 Å². The fourth-order valence-corrected chi connectivity index (χ4v) is 2.91. The first-order valence-electron chi connectivity index (χ1n) is 8.37. The molecule has 0 aliphatic carbocycles. The minimum absolute atomic E-state index is 0.0387. The summed E-state index contributed by atoms with van der Waals surface area (Å²) >= 11 is 0. The quantitative estimate of drug-likeness (QED) is 0.688. The van der Waals surface area contributed by atoms with Crippen molar-refractivity contribution in [1.82, 2.24) is 4.90 Å². The van der Waals surface area contributed by atoms with Crippen LogP contribution >= 0.6 is 0 Å². The summed E-state index contributed by atoms with van der Waals surface area (Å²) in [7, 11) is 1.66. The summed E-state index contributed by atoms with van der Waals surface area (Å²) in [6.45, 7) is 3.08. The third-order valence-electron chi connectivity index (χ3n) is 4.36. The van der Waals surface area contributed by atoms with E-state index in [1.807, 2.05) is 47.4 Å². The van der Waals surface area contributed by atoms with Crippen LogP contribution < -0.4 is 15.4 Å². The molecular weight excluding hydrogens is 314 g/mol. The zero-order valence-corrected chi connectivity index (χ0v) is 14.4. The van der Waals surface area contributed by atoms with Crippen LogP contribution in [0.1, 0.15) is 5.56 Å². The molecule has 5 nitrogen and oxygen atoms in total. The molecule has 2 aromatic carbocycles. The molecule has 5 heteroatoms. The number of hydrogen-bond acceptors (Lipinski definition) is 4. The van der Waals surface area contributed by atoms with Crippen molar-refractivity contribution in [2.75, 3.05) is 43.9 Å². The fraction of sp³-hybridized carbons (Fsp3) is 0.250. The van der Waals surface area contributed by atoms with Gasteiger partial charge in [0.15, 0.2) is 0 Å². The van der Waals surface area contributed by atoms with E-state index >= 15 is 0 Å². The standard InChI is InChI=1S/C20H23N3O2/c1-25-19-8-6-18(7-9-19)22-11-13-23(14-12-22)20(24)10-5-16-3-2-4-17(21)15-16/h2-10,15H,11-14,21H2,1H3/b10-5+. The van der Waals surface area contributed by atoms with Gasteiger partial charge in [0.05, 0.1) is 7.11 Å². The Labute approximate surface area is 148 Å². The number of anilines is 2. The molecule has 0 atom stereocenters. The van der Waals surface area contributed by atoms with Gasteiger partial charge >= 0.3 is 0 Å². The van der Waals surface area contributed by atoms with Crippen LogP contribution in [0.4, 0.5) is 11.4 Å². The van der Waals surface area contributed by atoms with Crippen LogP contribution in [0.5, 0.6) is 5.75 Å². The highest BCUT2D eigenvalue weighted by Crippen LogP contribution is 2.20. The number of nitrogens with two attached hydrogens (primary N) is 1. The number of benzene rings is 2. The highest BCUT2D eigenvalue weighted by Gasteiger charge is 2.19. The third-order valence-corrected chi connectivity index (χ3v) is 4.36. The molecule has 2 aromatic rings. The molecule has 1 saturated heterocycles. The first-order chi connectivity index (χ1) is 12.2. The lowest BCUT2D eigenvalue weighted by Crippen LogP contribution is -2.48. The van der Waals surface area contributed by atoms with Gasteiger partial charge in [-0.05, 0) is 48.0 Å². The Morgan fingerprint density at radius 3 is 2.44 bits per heavy atom. The number of carbonyl (C=O) groups is 1. The second-order valence-electron chi connectivity index (χ2n) is 6.01. The van der Waals surface area contributed by atoms with E-state index < -0.39 is 0 Å². The van der Waals surface area contributed by atoms with Gasteiger partial charge in [0.25, 0.3) is 0 Å². The lowest BCUT2D eigenvalue weighted by molar-refractivity contribution is -0.126. The summed E-state index contributed by atoms with van der Waals surface area (Å²) in [6.07, 6.45) is 3.44. The first-order valence-corrected chi connectivity index (χ1v) is 8.37. The molecule has 2 N–H and O–H groups in total. The van der Waals surface area contributed by atoms with E-state index in [1.165, 1.54) is 0 Å². The van der Waals surface area contributed by atoms with Crippen molar-refractivity contribution < 1.29 is 9.53 Å². The average Bonchev–Trinajstić information content (AvgIpc) is 2.66. The Kier molecular flexibility index (Phi) is 5.23. The molecule has 1 aliphatic rings. The van der Waals surface area contributed by atoms with Crippen LogP contribution in [-0.4, -0.2) is 44.1 Å². The van der Waals surface area contributed by atoms with Gasteiger partial charge in [-0.2, -0.15) is 0 Å². The lowest BCUT2D eigenvalue weighted by atomic mass is 10.2. The van der Waals surface area contributed by atoms with Crippen molar-refractivity contribution in [3.8, 4) is 5.75 Å². The Balaban J connectivity index is 1.55. The fourth-order valence-electron chi connectivity index (χ4n) is 2.91. The maximum atomic E-state index is 12.4. The van der Waals surface area contributed by atoms with Crippen LogP contribution in [0.15, 0.2) is 54.6 Å². The second kappa shape index (κ2) is 7.75. The minimum Gasteiger partial charge on any atom is -0.497 e. The molecule has 0 bridgehead atoms. The number of carbonyl (C=O) groups excluding carboxylic acids is 1. The number of piperazine rings is 1. The van der Waals surface area contributed by atoms with E-state index in [0.29, 0.717) is 18.8 Å². The normalized spacial score (nSPS) is 14.8. The molecule has 25 heavy (non-hydrogen) atoms. The van der Waals surface area contributed by atoms with Crippen molar-refractivity contribution in [1.29, 1.82) is 0 Å². The maximum absolute atomic E-state index is 12.4. The van der Waals surface area contributed by atoms with E-state index in [9.17, 15) is 4.79 Å². The Morgan fingerprint density at radius 2 is 1.80 bits per heavy atom. The summed E-state index contributed by atoms with van der Waals surface area (Å²) in [5.41, 5.74) is 8.54. The zero-order valence-electron chi connectivity index (χ0n) is 14.4. The summed E-state index contributed by atoms with van der Waals surface area (Å²) < 4.78 is 5.19. The molecule has 0 radical (unpaired) electrons. The van der Waals surface area contributed by atoms with Gasteiger partial charge in [-0.3, -0.25) is 4.79 Å². The SMILES string of the molecule is COc1ccc(N2CCN(C(=O)/C=C/c3cccc(N)c3)CC2)cc1. The minimum atomic E-state index is 0.0387. The average molecular weight is 337 g/mol. The summed E-state index contributed by atoms with van der Waals surface area (Å²) in [5, 5.41) is 0. The summed E-state index contributed by atoms with van der Waals surface area (Å²) in [4.78, 5) is 16.5. The summed E-state index contributed by atoms with van der Waals surface area (Å²) in [5.74, 6) is 0.890. The van der Waals surface area contributed by atoms with Gasteiger partial charge in [0.1, 0.15) is 5.75 Å². The van der Waals surface area contributed by atoms with Gasteiger partial charge in [-0.15, -0.1) is 0 Å². The second-order valence-corrected chi connectivity index (χ2v) is 6.01. The first kappa shape index (κ1) is 16.9. The zero-order chi connectivity index (χ0) is 17.6. The van der Waals surface area contributed by atoms with E-state index in [0.717, 1.165) is 30.1 Å². The number of ether oxygens (including phenoxy) is 1. The number of rotatable bonds is 4. The summed E-state index contributed by atoms with van der Waals surface area (Å²) in [6, 6.07) is 15.5. The van der Waals surface area contributed by atoms with Crippen molar-refractivity contribution in [2.24, 2.45) is 0 Å². The van der Waals surface area contributed by atoms with Gasteiger partial charge in [0.2, 0.25) is 5.91 Å². The van der Waals surface area contributed by atoms with Crippen LogP contribution in [0.25, 0.3) is 6.08 Å². The monoisotopic (exact) mass is 337 g/mol. The Morgan fingerprint density at radius 1 is 1.08 bits per heavy atom. The third kappa shape index (κ3) is 4.32. The molecule has 1 aliphatic heterocycles. The van der Waals surface area contributed by atoms with Crippen molar-refractivity contribution in [3.63, 3.8) is 0 Å². The van der Waals surface area contributed by atoms with E-state index in [2.05, 4.69) is 17.0 Å². The molecular formula is C20H23N3O2. The van der Waals surface area contributed by atoms with Gasteiger partial charge in [0, 0.05) is 43.6 Å². The van der Waals surface area contributed by atoms with E-state index in [1.54, 1.807) is 13.2 Å². The molecule has 1 heterocycles. The Hall–Kier alpha value is -2.95. The predicted octanol–water partition coefficient (Wildman–Crippen LogP) is 2.64. The number of hydrogen-bond donors (Lipinski definition) is 1. The lowest BCUT2D eigenvalue weighted by Gasteiger charge is -2.35. The molecule has 0 spiro atoms. The van der Waals surface area contributed by atoms with Crippen molar-refractivity contribution in [3.05, 3.63) is 60.2 Å². The maximum Gasteiger partial charge on any atom is 0.246 e. The van der Waals surface area contributed by atoms with E-state index in [4.69, 9.17) is 10.5 Å². The van der Waals surface area contributed by atoms with Crippen molar-refractivity contribution >= 4 is 23.4 Å². The smallest absolute Gasteiger partial charge is 0.246 e.